The number of para-hydroxylation sites is 1. The second-order valence-electron chi connectivity index (χ2n) is 8.83. The van der Waals surface area contributed by atoms with E-state index in [9.17, 15) is 9.59 Å². The quantitative estimate of drug-likeness (QED) is 0.233. The molecule has 3 aromatic carbocycles. The number of fused-ring (bicyclic) bond motifs is 1. The van der Waals surface area contributed by atoms with Crippen LogP contribution in [-0.2, 0) is 38.6 Å². The molecule has 1 N–H and O–H groups in total. The zero-order valence-electron chi connectivity index (χ0n) is 20.8. The minimum Gasteiger partial charge on any atom is -0.468 e. The van der Waals surface area contributed by atoms with Crippen molar-refractivity contribution in [2.24, 2.45) is 0 Å². The number of carbonyl (C=O) groups is 2. The molecule has 0 spiro atoms. The summed E-state index contributed by atoms with van der Waals surface area (Å²) in [4.78, 5) is 30.9. The second kappa shape index (κ2) is 12.2. The van der Waals surface area contributed by atoms with Gasteiger partial charge in [-0.1, -0.05) is 78.9 Å². The van der Waals surface area contributed by atoms with Crippen molar-refractivity contribution in [3.8, 4) is 0 Å². The van der Waals surface area contributed by atoms with E-state index in [1.54, 1.807) is 0 Å². The van der Waals surface area contributed by atoms with Gasteiger partial charge in [0.25, 0.3) is 0 Å². The number of hydrogen-bond acceptors (Lipinski definition) is 5. The molecular weight excluding hydrogens is 452 g/mol. The lowest BCUT2D eigenvalue weighted by Crippen LogP contribution is -2.26. The summed E-state index contributed by atoms with van der Waals surface area (Å²) < 4.78 is 9.90. The molecule has 0 radical (unpaired) electrons. The van der Waals surface area contributed by atoms with E-state index in [0.717, 1.165) is 42.5 Å². The van der Waals surface area contributed by atoms with Gasteiger partial charge in [0.05, 0.1) is 14.2 Å². The van der Waals surface area contributed by atoms with Gasteiger partial charge in [-0.25, -0.2) is 0 Å². The Morgan fingerprint density at radius 3 is 1.86 bits per heavy atom. The Hall–Kier alpha value is -3.90. The second-order valence-corrected chi connectivity index (χ2v) is 8.83. The predicted octanol–water partition coefficient (Wildman–Crippen LogP) is 5.23. The van der Waals surface area contributed by atoms with Gasteiger partial charge >= 0.3 is 11.9 Å². The summed E-state index contributed by atoms with van der Waals surface area (Å²) in [6.07, 6.45) is 1.55. The van der Waals surface area contributed by atoms with Gasteiger partial charge in [-0.2, -0.15) is 0 Å². The van der Waals surface area contributed by atoms with Gasteiger partial charge < -0.3 is 14.5 Å². The molecule has 0 aliphatic rings. The molecule has 0 aliphatic carbocycles. The van der Waals surface area contributed by atoms with Crippen LogP contribution in [0.3, 0.4) is 0 Å². The van der Waals surface area contributed by atoms with Gasteiger partial charge in [0.2, 0.25) is 0 Å². The zero-order chi connectivity index (χ0) is 25.3. The lowest BCUT2D eigenvalue weighted by Gasteiger charge is -2.23. The van der Waals surface area contributed by atoms with Crippen LogP contribution in [0, 0.1) is 0 Å². The summed E-state index contributed by atoms with van der Waals surface area (Å²) in [5, 5.41) is 1.00. The smallest absolute Gasteiger partial charge is 0.326 e. The number of aromatic nitrogens is 1. The Morgan fingerprint density at radius 1 is 0.778 bits per heavy atom. The highest BCUT2D eigenvalue weighted by Gasteiger charge is 2.34. The Balaban J connectivity index is 1.58. The van der Waals surface area contributed by atoms with Gasteiger partial charge in [-0.05, 0) is 42.1 Å². The van der Waals surface area contributed by atoms with E-state index in [1.807, 2.05) is 36.4 Å². The van der Waals surface area contributed by atoms with Crippen molar-refractivity contribution in [1.29, 1.82) is 0 Å². The summed E-state index contributed by atoms with van der Waals surface area (Å²) in [6, 6.07) is 28.8. The SMILES string of the molecule is COC(=O)C(C(=O)OC)c1[nH]c2ccccc2c1CCCN(Cc1ccccc1)Cc1ccccc1. The fraction of sp³-hybridized carbons (Fsp3) is 0.267. The number of H-pyrrole nitrogens is 1. The number of carbonyl (C=O) groups excluding carboxylic acids is 2. The van der Waals surface area contributed by atoms with Crippen LogP contribution in [-0.4, -0.2) is 42.6 Å². The van der Waals surface area contributed by atoms with Crippen molar-refractivity contribution in [1.82, 2.24) is 9.88 Å². The minimum absolute atomic E-state index is 0.549. The summed E-state index contributed by atoms with van der Waals surface area (Å²) >= 11 is 0. The molecule has 0 amide bonds. The molecule has 4 rings (SSSR count). The van der Waals surface area contributed by atoms with Crippen LogP contribution in [0.1, 0.15) is 34.7 Å². The van der Waals surface area contributed by atoms with Crippen molar-refractivity contribution in [2.75, 3.05) is 20.8 Å². The third-order valence-corrected chi connectivity index (χ3v) is 6.41. The predicted molar refractivity (Wildman–Crippen MR) is 140 cm³/mol. The van der Waals surface area contributed by atoms with E-state index in [4.69, 9.17) is 9.47 Å². The molecule has 1 heterocycles. The maximum atomic E-state index is 12.6. The molecule has 186 valence electrons. The van der Waals surface area contributed by atoms with E-state index in [0.29, 0.717) is 12.1 Å². The molecule has 0 fully saturated rings. The molecular formula is C30H32N2O4. The molecule has 0 unspecified atom stereocenters. The lowest BCUT2D eigenvalue weighted by molar-refractivity contribution is -0.154. The van der Waals surface area contributed by atoms with Crippen molar-refractivity contribution in [3.63, 3.8) is 0 Å². The highest BCUT2D eigenvalue weighted by molar-refractivity contribution is 6.02. The average molecular weight is 485 g/mol. The van der Waals surface area contributed by atoms with Crippen LogP contribution in [0.4, 0.5) is 0 Å². The van der Waals surface area contributed by atoms with Crippen molar-refractivity contribution < 1.29 is 19.1 Å². The van der Waals surface area contributed by atoms with Gasteiger partial charge in [-0.3, -0.25) is 14.5 Å². The van der Waals surface area contributed by atoms with Crippen LogP contribution in [0.5, 0.6) is 0 Å². The number of nitrogens with one attached hydrogen (secondary N) is 1. The first-order valence-corrected chi connectivity index (χ1v) is 12.2. The summed E-state index contributed by atoms with van der Waals surface area (Å²) in [6.45, 7) is 2.52. The molecule has 1 aromatic heterocycles. The molecule has 0 atom stereocenters. The Kier molecular flexibility index (Phi) is 8.53. The van der Waals surface area contributed by atoms with Gasteiger partial charge in [0.1, 0.15) is 0 Å². The average Bonchev–Trinajstić information content (AvgIpc) is 3.27. The summed E-state index contributed by atoms with van der Waals surface area (Å²) in [5.41, 5.74) is 4.90. The van der Waals surface area contributed by atoms with Gasteiger partial charge in [0.15, 0.2) is 5.92 Å². The molecule has 36 heavy (non-hydrogen) atoms. The number of esters is 2. The minimum atomic E-state index is -1.15. The molecule has 6 nitrogen and oxygen atoms in total. The Morgan fingerprint density at radius 2 is 1.31 bits per heavy atom. The largest absolute Gasteiger partial charge is 0.468 e. The van der Waals surface area contributed by atoms with E-state index in [1.165, 1.54) is 25.3 Å². The Labute approximate surface area is 211 Å². The molecule has 0 saturated heterocycles. The normalized spacial score (nSPS) is 11.2. The van der Waals surface area contributed by atoms with E-state index in [2.05, 4.69) is 58.4 Å². The topological polar surface area (TPSA) is 71.6 Å². The number of aryl methyl sites for hydroxylation is 1. The lowest BCUT2D eigenvalue weighted by atomic mass is 9.97. The van der Waals surface area contributed by atoms with E-state index >= 15 is 0 Å². The first-order valence-electron chi connectivity index (χ1n) is 12.2. The van der Waals surface area contributed by atoms with Crippen LogP contribution < -0.4 is 0 Å². The van der Waals surface area contributed by atoms with Crippen LogP contribution in [0.25, 0.3) is 10.9 Å². The molecule has 6 heteroatoms. The summed E-state index contributed by atoms with van der Waals surface area (Å²) in [5.74, 6) is -2.42. The fourth-order valence-electron chi connectivity index (χ4n) is 4.68. The van der Waals surface area contributed by atoms with Gasteiger partial charge in [-0.15, -0.1) is 0 Å². The van der Waals surface area contributed by atoms with Crippen molar-refractivity contribution >= 4 is 22.8 Å². The third kappa shape index (κ3) is 6.01. The maximum Gasteiger partial charge on any atom is 0.326 e. The number of hydrogen-bond donors (Lipinski definition) is 1. The van der Waals surface area contributed by atoms with Crippen molar-refractivity contribution in [3.05, 3.63) is 107 Å². The summed E-state index contributed by atoms with van der Waals surface area (Å²) in [7, 11) is 2.57. The van der Waals surface area contributed by atoms with E-state index in [-0.39, 0.29) is 0 Å². The zero-order valence-corrected chi connectivity index (χ0v) is 20.8. The first-order chi connectivity index (χ1) is 17.6. The number of benzene rings is 3. The highest BCUT2D eigenvalue weighted by atomic mass is 16.5. The standard InChI is InChI=1S/C30H32N2O4/c1-35-29(33)27(30(34)36-2)28-25(24-16-9-10-18-26(24)31-28)17-11-19-32(20-22-12-5-3-6-13-22)21-23-14-7-4-8-15-23/h3-10,12-16,18,27,31H,11,17,19-21H2,1-2H3. The van der Waals surface area contributed by atoms with Gasteiger partial charge in [0, 0.05) is 29.7 Å². The molecule has 4 aromatic rings. The number of rotatable bonds is 11. The monoisotopic (exact) mass is 484 g/mol. The van der Waals surface area contributed by atoms with Crippen molar-refractivity contribution in [2.45, 2.75) is 31.8 Å². The first kappa shape index (κ1) is 25.2. The third-order valence-electron chi connectivity index (χ3n) is 6.41. The number of methoxy groups -OCH3 is 2. The van der Waals surface area contributed by atoms with Crippen LogP contribution >= 0.6 is 0 Å². The molecule has 0 bridgehead atoms. The molecule has 0 aliphatic heterocycles. The van der Waals surface area contributed by atoms with Crippen LogP contribution in [0.2, 0.25) is 0 Å². The maximum absolute atomic E-state index is 12.6. The van der Waals surface area contributed by atoms with E-state index < -0.39 is 17.9 Å². The fourth-order valence-corrected chi connectivity index (χ4v) is 4.68. The number of aromatic amines is 1. The Bertz CT molecular complexity index is 1230. The van der Waals surface area contributed by atoms with Crippen LogP contribution in [0.15, 0.2) is 84.9 Å². The number of ether oxygens (including phenoxy) is 2. The molecule has 0 saturated carbocycles. The number of nitrogens with zero attached hydrogens (tertiary/aromatic N) is 1. The highest BCUT2D eigenvalue weighted by Crippen LogP contribution is 2.31.